The number of urea groups is 1. The molecule has 4 nitrogen and oxygen atoms in total. The third-order valence-electron chi connectivity index (χ3n) is 3.40. The number of amides is 2. The third kappa shape index (κ3) is 4.04. The second-order valence-electron chi connectivity index (χ2n) is 5.53. The van der Waals surface area contributed by atoms with Gasteiger partial charge in [0.1, 0.15) is 0 Å². The van der Waals surface area contributed by atoms with Crippen LogP contribution in [0, 0.1) is 5.92 Å². The van der Waals surface area contributed by atoms with Crippen molar-refractivity contribution in [2.75, 3.05) is 37.6 Å². The monoisotopic (exact) mass is 295 g/mol. The lowest BCUT2D eigenvalue weighted by atomic mass is 10.2. The number of hydrogen-bond donors (Lipinski definition) is 1. The number of hydrogen-bond acceptors (Lipinski definition) is 2. The van der Waals surface area contributed by atoms with Gasteiger partial charge in [-0.25, -0.2) is 4.79 Å². The van der Waals surface area contributed by atoms with Crippen molar-refractivity contribution in [2.45, 2.75) is 13.8 Å². The maximum Gasteiger partial charge on any atom is 0.317 e. The number of carbonyl (C=O) groups is 1. The van der Waals surface area contributed by atoms with Crippen LogP contribution in [-0.2, 0) is 0 Å². The summed E-state index contributed by atoms with van der Waals surface area (Å²) in [4.78, 5) is 16.1. The van der Waals surface area contributed by atoms with Crippen LogP contribution in [-0.4, -0.2) is 43.7 Å². The molecule has 1 aromatic carbocycles. The standard InChI is InChI=1S/C15H22ClN3O/c1-12(2)11-17-15(20)19-8-6-18(7-9-19)14-5-3-4-13(16)10-14/h3-5,10,12H,6-9,11H2,1-2H3,(H,17,20). The Morgan fingerprint density at radius 3 is 2.60 bits per heavy atom. The molecule has 0 bridgehead atoms. The first kappa shape index (κ1) is 15.0. The van der Waals surface area contributed by atoms with E-state index in [0.717, 1.165) is 43.4 Å². The number of piperazine rings is 1. The Morgan fingerprint density at radius 2 is 2.00 bits per heavy atom. The Hall–Kier alpha value is -1.42. The molecule has 1 aromatic rings. The van der Waals surface area contributed by atoms with E-state index in [2.05, 4.69) is 30.1 Å². The molecule has 0 spiro atoms. The lowest BCUT2D eigenvalue weighted by Crippen LogP contribution is -2.52. The largest absolute Gasteiger partial charge is 0.368 e. The van der Waals surface area contributed by atoms with Crippen LogP contribution >= 0.6 is 11.6 Å². The molecule has 110 valence electrons. The fourth-order valence-corrected chi connectivity index (χ4v) is 2.43. The van der Waals surface area contributed by atoms with Gasteiger partial charge in [0.05, 0.1) is 0 Å². The van der Waals surface area contributed by atoms with Gasteiger partial charge in [0, 0.05) is 43.4 Å². The number of carbonyl (C=O) groups excluding carboxylic acids is 1. The van der Waals surface area contributed by atoms with Gasteiger partial charge in [-0.1, -0.05) is 31.5 Å². The van der Waals surface area contributed by atoms with Gasteiger partial charge < -0.3 is 15.1 Å². The molecule has 0 unspecified atom stereocenters. The first-order chi connectivity index (χ1) is 9.56. The highest BCUT2D eigenvalue weighted by atomic mass is 35.5. The summed E-state index contributed by atoms with van der Waals surface area (Å²) < 4.78 is 0. The summed E-state index contributed by atoms with van der Waals surface area (Å²) in [5, 5.41) is 3.71. The quantitative estimate of drug-likeness (QED) is 0.931. The van der Waals surface area contributed by atoms with Crippen LogP contribution in [0.1, 0.15) is 13.8 Å². The molecule has 0 saturated carbocycles. The van der Waals surface area contributed by atoms with Crippen molar-refractivity contribution in [2.24, 2.45) is 5.92 Å². The molecule has 1 aliphatic rings. The molecular weight excluding hydrogens is 274 g/mol. The van der Waals surface area contributed by atoms with Crippen LogP contribution in [0.25, 0.3) is 0 Å². The summed E-state index contributed by atoms with van der Waals surface area (Å²) in [6.07, 6.45) is 0. The Morgan fingerprint density at radius 1 is 1.30 bits per heavy atom. The molecule has 0 aliphatic carbocycles. The van der Waals surface area contributed by atoms with Crippen LogP contribution in [0.3, 0.4) is 0 Å². The van der Waals surface area contributed by atoms with Gasteiger partial charge in [-0.15, -0.1) is 0 Å². The Bertz CT molecular complexity index is 456. The van der Waals surface area contributed by atoms with E-state index in [-0.39, 0.29) is 6.03 Å². The third-order valence-corrected chi connectivity index (χ3v) is 3.64. The van der Waals surface area contributed by atoms with Crippen LogP contribution in [0.5, 0.6) is 0 Å². The van der Waals surface area contributed by atoms with E-state index in [1.54, 1.807) is 0 Å². The van der Waals surface area contributed by atoms with Crippen LogP contribution < -0.4 is 10.2 Å². The maximum absolute atomic E-state index is 12.0. The van der Waals surface area contributed by atoms with Crippen molar-refractivity contribution in [3.05, 3.63) is 29.3 Å². The number of anilines is 1. The predicted molar refractivity (Wildman–Crippen MR) is 83.5 cm³/mol. The average Bonchev–Trinajstić information content (AvgIpc) is 2.45. The highest BCUT2D eigenvalue weighted by molar-refractivity contribution is 6.30. The molecular formula is C15H22ClN3O. The summed E-state index contributed by atoms with van der Waals surface area (Å²) >= 11 is 6.01. The van der Waals surface area contributed by atoms with Crippen LogP contribution in [0.2, 0.25) is 5.02 Å². The van der Waals surface area contributed by atoms with Crippen LogP contribution in [0.15, 0.2) is 24.3 Å². The highest BCUT2D eigenvalue weighted by Gasteiger charge is 2.21. The zero-order valence-corrected chi connectivity index (χ0v) is 12.9. The second kappa shape index (κ2) is 6.84. The molecule has 1 N–H and O–H groups in total. The number of benzene rings is 1. The van der Waals surface area contributed by atoms with Crippen LogP contribution in [0.4, 0.5) is 10.5 Å². The number of rotatable bonds is 3. The van der Waals surface area contributed by atoms with Gasteiger partial charge in [-0.05, 0) is 24.1 Å². The Balaban J connectivity index is 1.84. The molecule has 0 radical (unpaired) electrons. The number of nitrogens with zero attached hydrogens (tertiary/aromatic N) is 2. The average molecular weight is 296 g/mol. The zero-order chi connectivity index (χ0) is 14.5. The lowest BCUT2D eigenvalue weighted by molar-refractivity contribution is 0.193. The van der Waals surface area contributed by atoms with E-state index in [1.807, 2.05) is 23.1 Å². The minimum Gasteiger partial charge on any atom is -0.368 e. The fourth-order valence-electron chi connectivity index (χ4n) is 2.24. The van der Waals surface area contributed by atoms with Crippen molar-refractivity contribution in [3.8, 4) is 0 Å². The number of halogens is 1. The summed E-state index contributed by atoms with van der Waals surface area (Å²) in [6, 6.07) is 7.90. The van der Waals surface area contributed by atoms with E-state index < -0.39 is 0 Å². The molecule has 2 rings (SSSR count). The minimum absolute atomic E-state index is 0.0458. The van der Waals surface area contributed by atoms with E-state index >= 15 is 0 Å². The molecule has 1 heterocycles. The Kier molecular flexibility index (Phi) is 5.12. The smallest absolute Gasteiger partial charge is 0.317 e. The van der Waals surface area contributed by atoms with Gasteiger partial charge >= 0.3 is 6.03 Å². The summed E-state index contributed by atoms with van der Waals surface area (Å²) in [7, 11) is 0. The van der Waals surface area contributed by atoms with E-state index in [9.17, 15) is 4.79 Å². The van der Waals surface area contributed by atoms with Gasteiger partial charge in [-0.3, -0.25) is 0 Å². The topological polar surface area (TPSA) is 35.6 Å². The van der Waals surface area contributed by atoms with Gasteiger partial charge in [-0.2, -0.15) is 0 Å². The van der Waals surface area contributed by atoms with Crippen molar-refractivity contribution >= 4 is 23.3 Å². The Labute approximate surface area is 125 Å². The summed E-state index contributed by atoms with van der Waals surface area (Å²) in [5.41, 5.74) is 1.12. The summed E-state index contributed by atoms with van der Waals surface area (Å²) in [6.45, 7) is 8.10. The van der Waals surface area contributed by atoms with Crippen molar-refractivity contribution in [1.82, 2.24) is 10.2 Å². The lowest BCUT2D eigenvalue weighted by Gasteiger charge is -2.36. The normalized spacial score (nSPS) is 15.6. The predicted octanol–water partition coefficient (Wildman–Crippen LogP) is 2.83. The molecule has 1 fully saturated rings. The molecule has 1 saturated heterocycles. The van der Waals surface area contributed by atoms with E-state index in [4.69, 9.17) is 11.6 Å². The van der Waals surface area contributed by atoms with Crippen molar-refractivity contribution in [3.63, 3.8) is 0 Å². The molecule has 0 aromatic heterocycles. The molecule has 1 aliphatic heterocycles. The molecule has 0 atom stereocenters. The second-order valence-corrected chi connectivity index (χ2v) is 5.97. The van der Waals surface area contributed by atoms with E-state index in [0.29, 0.717) is 5.92 Å². The highest BCUT2D eigenvalue weighted by Crippen LogP contribution is 2.20. The molecule has 20 heavy (non-hydrogen) atoms. The number of nitrogens with one attached hydrogen (secondary N) is 1. The van der Waals surface area contributed by atoms with Gasteiger partial charge in [0.15, 0.2) is 0 Å². The minimum atomic E-state index is 0.0458. The van der Waals surface area contributed by atoms with Crippen molar-refractivity contribution < 1.29 is 4.79 Å². The van der Waals surface area contributed by atoms with Crippen molar-refractivity contribution in [1.29, 1.82) is 0 Å². The van der Waals surface area contributed by atoms with Gasteiger partial charge in [0.25, 0.3) is 0 Å². The molecule has 5 heteroatoms. The SMILES string of the molecule is CC(C)CNC(=O)N1CCN(c2cccc(Cl)c2)CC1. The first-order valence-electron chi connectivity index (χ1n) is 7.09. The molecule has 2 amide bonds. The summed E-state index contributed by atoms with van der Waals surface area (Å²) in [5.74, 6) is 0.478. The fraction of sp³-hybridized carbons (Fsp3) is 0.533. The first-order valence-corrected chi connectivity index (χ1v) is 7.47. The zero-order valence-electron chi connectivity index (χ0n) is 12.1. The maximum atomic E-state index is 12.0. The van der Waals surface area contributed by atoms with E-state index in [1.165, 1.54) is 0 Å². The van der Waals surface area contributed by atoms with Gasteiger partial charge in [0.2, 0.25) is 0 Å².